The number of ether oxygens (including phenoxy) is 4. The first-order valence-corrected chi connectivity index (χ1v) is 18.5. The van der Waals surface area contributed by atoms with Crippen molar-refractivity contribution in [3.05, 3.63) is 157 Å². The van der Waals surface area contributed by atoms with Crippen LogP contribution in [0.3, 0.4) is 0 Å². The van der Waals surface area contributed by atoms with E-state index < -0.39 is 40.4 Å². The Morgan fingerprint density at radius 1 is 0.350 bits per heavy atom. The van der Waals surface area contributed by atoms with E-state index in [0.29, 0.717) is 57.1 Å². The maximum absolute atomic E-state index is 15.8. The van der Waals surface area contributed by atoms with E-state index in [1.165, 1.54) is 52.7 Å². The third-order valence-electron chi connectivity index (χ3n) is 10.4. The highest BCUT2D eigenvalue weighted by atomic mass is 19.3. The molecule has 0 atom stereocenters. The van der Waals surface area contributed by atoms with Gasteiger partial charge in [-0.05, 0) is 146 Å². The van der Waals surface area contributed by atoms with E-state index in [1.54, 1.807) is 72.8 Å². The molecule has 60 heavy (non-hydrogen) atoms. The minimum absolute atomic E-state index is 0.111. The Morgan fingerprint density at radius 2 is 0.567 bits per heavy atom. The van der Waals surface area contributed by atoms with Crippen LogP contribution in [0.5, 0.6) is 23.0 Å². The van der Waals surface area contributed by atoms with Crippen LogP contribution in [-0.4, -0.2) is 34.4 Å². The molecule has 0 radical (unpaired) electrons. The number of methoxy groups -OCH3 is 4. The van der Waals surface area contributed by atoms with Gasteiger partial charge in [0.1, 0.15) is 34.5 Å². The summed E-state index contributed by atoms with van der Waals surface area (Å²) in [6.07, 6.45) is 0. The van der Waals surface area contributed by atoms with Crippen LogP contribution in [0.25, 0.3) is 22.6 Å². The van der Waals surface area contributed by atoms with Gasteiger partial charge >= 0.3 is 17.8 Å². The number of halogens is 6. The summed E-state index contributed by atoms with van der Waals surface area (Å²) in [5, 5.41) is 0. The van der Waals surface area contributed by atoms with Gasteiger partial charge in [0.25, 0.3) is 0 Å². The van der Waals surface area contributed by atoms with Crippen LogP contribution in [-0.2, 0) is 11.8 Å². The number of rotatable bonds is 12. The van der Waals surface area contributed by atoms with Crippen molar-refractivity contribution < 1.29 is 49.7 Å². The Kier molecular flexibility index (Phi) is 10.1. The molecule has 6 aromatic carbocycles. The van der Waals surface area contributed by atoms with E-state index in [2.05, 4.69) is 0 Å². The van der Waals surface area contributed by atoms with Gasteiger partial charge in [-0.3, -0.25) is 0 Å². The predicted octanol–water partition coefficient (Wildman–Crippen LogP) is 13.4. The summed E-state index contributed by atoms with van der Waals surface area (Å²) < 4.78 is 121. The Morgan fingerprint density at radius 3 is 0.783 bits per heavy atom. The minimum Gasteiger partial charge on any atom is -0.497 e. The van der Waals surface area contributed by atoms with Gasteiger partial charge in [0.05, 0.1) is 39.6 Å². The van der Waals surface area contributed by atoms with Gasteiger partial charge < -0.3 is 33.2 Å². The minimum atomic E-state index is -5.75. The number of furan rings is 1. The standard InChI is InChI=1S/C47H36F6N2O5/c1-56-37-21-13-33(14-22-37)54(34-15-23-38(57-2)24-16-34)31-9-5-29(6-10-31)43-41-42(46(50,51)47(52,53)45(41,48)49)44(60-43)30-7-11-32(12-8-30)55(35-17-25-39(58-3)26-18-35)36-19-27-40(59-4)28-20-36/h5-28H,1-4H3. The average Bonchev–Trinajstić information content (AvgIpc) is 3.74. The largest absolute Gasteiger partial charge is 0.497 e. The zero-order valence-electron chi connectivity index (χ0n) is 32.6. The third-order valence-corrected chi connectivity index (χ3v) is 10.4. The number of benzene rings is 6. The maximum atomic E-state index is 15.8. The summed E-state index contributed by atoms with van der Waals surface area (Å²) in [5.41, 5.74) is 0.504. The van der Waals surface area contributed by atoms with Crippen LogP contribution in [0.15, 0.2) is 150 Å². The molecule has 0 aliphatic heterocycles. The number of anilines is 6. The zero-order valence-corrected chi connectivity index (χ0v) is 32.6. The lowest BCUT2D eigenvalue weighted by Crippen LogP contribution is -2.43. The summed E-state index contributed by atoms with van der Waals surface area (Å²) in [6.45, 7) is 0. The van der Waals surface area contributed by atoms with Crippen molar-refractivity contribution in [2.45, 2.75) is 17.8 Å². The maximum Gasteiger partial charge on any atom is 0.380 e. The fraction of sp³-hybridized carbons (Fsp3) is 0.149. The second-order valence-corrected chi connectivity index (χ2v) is 13.8. The normalized spacial score (nSPS) is 14.6. The molecular weight excluding hydrogens is 787 g/mol. The lowest BCUT2D eigenvalue weighted by atomic mass is 10.0. The van der Waals surface area contributed by atoms with E-state index in [4.69, 9.17) is 23.4 Å². The van der Waals surface area contributed by atoms with Gasteiger partial charge in [-0.1, -0.05) is 0 Å². The second kappa shape index (κ2) is 15.3. The molecule has 0 spiro atoms. The Hall–Kier alpha value is -7.02. The van der Waals surface area contributed by atoms with Crippen LogP contribution < -0.4 is 28.7 Å². The topological polar surface area (TPSA) is 56.5 Å². The van der Waals surface area contributed by atoms with Gasteiger partial charge in [0.2, 0.25) is 0 Å². The lowest BCUT2D eigenvalue weighted by molar-refractivity contribution is -0.302. The van der Waals surface area contributed by atoms with Crippen LogP contribution in [0.1, 0.15) is 11.1 Å². The molecule has 0 N–H and O–H groups in total. The lowest BCUT2D eigenvalue weighted by Gasteiger charge is -2.26. The average molecular weight is 823 g/mol. The van der Waals surface area contributed by atoms with Crippen molar-refractivity contribution >= 4 is 34.1 Å². The number of hydrogen-bond acceptors (Lipinski definition) is 7. The molecule has 0 saturated heterocycles. The first kappa shape index (κ1) is 39.8. The Balaban J connectivity index is 1.22. The first-order chi connectivity index (χ1) is 28.8. The van der Waals surface area contributed by atoms with E-state index in [9.17, 15) is 0 Å². The molecule has 8 rings (SSSR count). The molecule has 1 aromatic heterocycles. The molecule has 0 unspecified atom stereocenters. The quantitative estimate of drug-likeness (QED) is 0.114. The van der Waals surface area contributed by atoms with Crippen molar-refractivity contribution in [3.8, 4) is 45.6 Å². The highest BCUT2D eigenvalue weighted by molar-refractivity contribution is 5.83. The molecular formula is C47H36F6N2O5. The Labute approximate surface area is 341 Å². The molecule has 0 bridgehead atoms. The van der Waals surface area contributed by atoms with Crippen molar-refractivity contribution in [2.24, 2.45) is 0 Å². The van der Waals surface area contributed by atoms with Crippen LogP contribution in [0.2, 0.25) is 0 Å². The van der Waals surface area contributed by atoms with E-state index in [-0.39, 0.29) is 11.1 Å². The summed E-state index contributed by atoms with van der Waals surface area (Å²) >= 11 is 0. The molecule has 1 heterocycles. The summed E-state index contributed by atoms with van der Waals surface area (Å²) in [7, 11) is 6.16. The smallest absolute Gasteiger partial charge is 0.380 e. The molecule has 1 aliphatic carbocycles. The molecule has 0 fully saturated rings. The summed E-state index contributed by atoms with van der Waals surface area (Å²) in [6, 6.07) is 40.3. The monoisotopic (exact) mass is 822 g/mol. The van der Waals surface area contributed by atoms with Gasteiger partial charge in [-0.15, -0.1) is 0 Å². The van der Waals surface area contributed by atoms with Crippen LogP contribution in [0.4, 0.5) is 60.5 Å². The van der Waals surface area contributed by atoms with E-state index in [1.807, 2.05) is 58.3 Å². The fourth-order valence-corrected chi connectivity index (χ4v) is 7.29. The number of hydrogen-bond donors (Lipinski definition) is 0. The van der Waals surface area contributed by atoms with Gasteiger partial charge in [0.15, 0.2) is 0 Å². The molecule has 0 amide bonds. The fourth-order valence-electron chi connectivity index (χ4n) is 7.29. The summed E-state index contributed by atoms with van der Waals surface area (Å²) in [5.74, 6) is -15.4. The zero-order chi connectivity index (χ0) is 42.4. The Bertz CT molecular complexity index is 2320. The molecule has 7 aromatic rings. The van der Waals surface area contributed by atoms with Crippen molar-refractivity contribution in [1.82, 2.24) is 0 Å². The van der Waals surface area contributed by atoms with Crippen molar-refractivity contribution in [3.63, 3.8) is 0 Å². The van der Waals surface area contributed by atoms with Crippen LogP contribution >= 0.6 is 0 Å². The number of nitrogens with zero attached hydrogens (tertiary/aromatic N) is 2. The predicted molar refractivity (Wildman–Crippen MR) is 218 cm³/mol. The molecule has 13 heteroatoms. The molecule has 0 saturated carbocycles. The number of fused-ring (bicyclic) bond motifs is 1. The van der Waals surface area contributed by atoms with Gasteiger partial charge in [0, 0.05) is 45.3 Å². The molecule has 306 valence electrons. The van der Waals surface area contributed by atoms with Crippen LogP contribution in [0, 0.1) is 0 Å². The van der Waals surface area contributed by atoms with Crippen molar-refractivity contribution in [2.75, 3.05) is 38.2 Å². The van der Waals surface area contributed by atoms with E-state index in [0.717, 1.165) is 0 Å². The third kappa shape index (κ3) is 6.59. The van der Waals surface area contributed by atoms with E-state index >= 15 is 26.3 Å². The highest BCUT2D eigenvalue weighted by Crippen LogP contribution is 2.67. The van der Waals surface area contributed by atoms with Crippen molar-refractivity contribution in [1.29, 1.82) is 0 Å². The SMILES string of the molecule is COc1ccc(N(c2ccc(OC)cc2)c2ccc(-c3oc(-c4ccc(N(c5ccc(OC)cc5)c5ccc(OC)cc5)cc4)c4c3C(F)(F)C(F)(F)C4(F)F)cc2)cc1. The first-order valence-electron chi connectivity index (χ1n) is 18.5. The second-order valence-electron chi connectivity index (χ2n) is 13.8. The highest BCUT2D eigenvalue weighted by Gasteiger charge is 2.81. The molecule has 1 aliphatic rings. The van der Waals surface area contributed by atoms with Gasteiger partial charge in [-0.2, -0.15) is 26.3 Å². The molecule has 7 nitrogen and oxygen atoms in total. The van der Waals surface area contributed by atoms with Gasteiger partial charge in [-0.25, -0.2) is 0 Å². The number of alkyl halides is 6. The summed E-state index contributed by atoms with van der Waals surface area (Å²) in [4.78, 5) is 3.70.